The highest BCUT2D eigenvalue weighted by molar-refractivity contribution is 6.09. The number of carbonyl (C=O) groups is 6. The maximum atomic E-state index is 15.0. The van der Waals surface area contributed by atoms with Crippen molar-refractivity contribution in [1.82, 2.24) is 29.7 Å². The summed E-state index contributed by atoms with van der Waals surface area (Å²) in [6.45, 7) is -1.18. The predicted molar refractivity (Wildman–Crippen MR) is 329 cm³/mol. The second-order valence-corrected chi connectivity index (χ2v) is 23.4. The average molecular weight is 1190 g/mol. The van der Waals surface area contributed by atoms with Gasteiger partial charge in [-0.2, -0.15) is 0 Å². The Morgan fingerprint density at radius 2 is 0.744 bits per heavy atom. The van der Waals surface area contributed by atoms with E-state index in [4.69, 9.17) is 19.4 Å². The van der Waals surface area contributed by atoms with Crippen LogP contribution >= 0.6 is 0 Å². The molecule has 90 heavy (non-hydrogen) atoms. The maximum absolute atomic E-state index is 15.0. The lowest BCUT2D eigenvalue weighted by atomic mass is 9.71. The van der Waals surface area contributed by atoms with Crippen molar-refractivity contribution in [3.8, 4) is 0 Å². The van der Waals surface area contributed by atoms with Gasteiger partial charge in [-0.15, -0.1) is 0 Å². The summed E-state index contributed by atoms with van der Waals surface area (Å²) in [5.74, 6) is -9.65. The SMILES string of the molecule is O=C(CCC(=O)OCCN1C(=O)[C@H]2[C@H]3C(C(O)(c4ccccc4)c4ccccn4)=C[C@H](C3=C(c3ccccc3)c3ccccn3)[C@H]2C1=O)OCCN1C(=O)[C@@H]2[C@@H]3C(C(O)(c4ccccc4)c4ccccn4)=C[C@@H](C3=C(c3ccccc3)c3ccccn3)[C@@H]2C1=O. The fourth-order valence-electron chi connectivity index (χ4n) is 15.1. The van der Waals surface area contributed by atoms with Crippen LogP contribution in [0.2, 0.25) is 0 Å². The van der Waals surface area contributed by atoms with Gasteiger partial charge >= 0.3 is 11.9 Å². The quantitative estimate of drug-likeness (QED) is 0.0439. The first-order valence-corrected chi connectivity index (χ1v) is 30.2. The molecule has 4 aliphatic carbocycles. The molecule has 4 aromatic carbocycles. The van der Waals surface area contributed by atoms with Gasteiger partial charge in [-0.05, 0) is 93.1 Å². The first kappa shape index (κ1) is 57.3. The highest BCUT2D eigenvalue weighted by Gasteiger charge is 2.68. The van der Waals surface area contributed by atoms with E-state index in [2.05, 4.69) is 9.97 Å². The second-order valence-electron chi connectivity index (χ2n) is 23.4. The summed E-state index contributed by atoms with van der Waals surface area (Å²) in [6.07, 6.45) is 9.70. The fraction of sp³-hybridized carbons (Fsp3) is 0.216. The van der Waals surface area contributed by atoms with Crippen LogP contribution in [-0.4, -0.2) is 102 Å². The Morgan fingerprint density at radius 1 is 0.411 bits per heavy atom. The van der Waals surface area contributed by atoms with E-state index in [1.54, 1.807) is 61.2 Å². The van der Waals surface area contributed by atoms with Crippen LogP contribution in [0.5, 0.6) is 0 Å². The van der Waals surface area contributed by atoms with E-state index < -0.39 is 107 Å². The van der Waals surface area contributed by atoms with Crippen LogP contribution in [0.15, 0.2) is 253 Å². The van der Waals surface area contributed by atoms with Gasteiger partial charge in [0.25, 0.3) is 0 Å². The number of hydrogen-bond donors (Lipinski definition) is 2. The van der Waals surface area contributed by atoms with Gasteiger partial charge in [0.15, 0.2) is 11.2 Å². The van der Waals surface area contributed by atoms with E-state index in [0.29, 0.717) is 45.0 Å². The predicted octanol–water partition coefficient (Wildman–Crippen LogP) is 8.88. The molecule has 0 spiro atoms. The maximum Gasteiger partial charge on any atom is 0.306 e. The molecule has 2 aliphatic heterocycles. The van der Waals surface area contributed by atoms with Gasteiger partial charge in [0, 0.05) is 59.6 Å². The third-order valence-electron chi connectivity index (χ3n) is 18.8. The number of fused-ring (bicyclic) bond motifs is 10. The molecule has 16 nitrogen and oxygen atoms in total. The molecule has 4 bridgehead atoms. The molecule has 2 saturated carbocycles. The standard InChI is InChI=1S/C74H60N6O10/c81-57(89-41-39-79-69(83)63-49-43-51(73(87,47-25-9-3-10-26-47)55-31-15-19-37-77-55)65(67(63)71(79)85)61(49)59(45-21-5-1-6-22-45)53-29-13-17-35-75-53)33-34-58(82)90-42-40-80-70(84)64-50-44-52(74(88,48-27-11-4-12-28-48)56-32-16-20-38-78-56)66(68(64)72(80)86)62(50)60(46-23-7-2-8-24-46)54-30-14-18-36-76-54/h1-32,35-38,43-44,49-50,63-68,87-88H,33-34,39-42H2/t49-,50+,63-,64+,65+,66-,67-,68+,73?,74?. The highest BCUT2D eigenvalue weighted by atomic mass is 16.5. The molecule has 446 valence electrons. The Morgan fingerprint density at radius 3 is 1.09 bits per heavy atom. The molecule has 8 aromatic rings. The Kier molecular flexibility index (Phi) is 15.0. The summed E-state index contributed by atoms with van der Waals surface area (Å²) >= 11 is 0. The fourth-order valence-corrected chi connectivity index (χ4v) is 15.1. The van der Waals surface area contributed by atoms with Gasteiger partial charge in [0.05, 0.1) is 72.4 Å². The number of benzene rings is 4. The number of hydrogen-bond acceptors (Lipinski definition) is 14. The number of aliphatic hydroxyl groups is 2. The Hall–Kier alpha value is -10.4. The first-order valence-electron chi connectivity index (χ1n) is 30.2. The molecule has 4 aromatic heterocycles. The van der Waals surface area contributed by atoms with Gasteiger partial charge in [-0.1, -0.05) is 158 Å². The van der Waals surface area contributed by atoms with Gasteiger partial charge in [0.1, 0.15) is 13.2 Å². The lowest BCUT2D eigenvalue weighted by Crippen LogP contribution is -2.39. The van der Waals surface area contributed by atoms with Crippen molar-refractivity contribution >= 4 is 46.7 Å². The minimum absolute atomic E-state index is 0.245. The first-order chi connectivity index (χ1) is 44.0. The smallest absolute Gasteiger partial charge is 0.306 e. The molecule has 4 fully saturated rings. The number of aromatic nitrogens is 4. The van der Waals surface area contributed by atoms with Crippen molar-refractivity contribution in [2.24, 2.45) is 47.3 Å². The van der Waals surface area contributed by atoms with E-state index in [-0.39, 0.29) is 26.3 Å². The zero-order valence-electron chi connectivity index (χ0n) is 48.6. The molecular weight excluding hydrogens is 1130 g/mol. The van der Waals surface area contributed by atoms with E-state index >= 15 is 0 Å². The molecular formula is C74H60N6O10. The van der Waals surface area contributed by atoms with Crippen LogP contribution < -0.4 is 0 Å². The zero-order valence-corrected chi connectivity index (χ0v) is 48.6. The Balaban J connectivity index is 0.655. The van der Waals surface area contributed by atoms with Crippen LogP contribution in [0.4, 0.5) is 0 Å². The molecule has 0 radical (unpaired) electrons. The largest absolute Gasteiger partial charge is 0.464 e. The average Bonchev–Trinajstić information content (AvgIpc) is 1.53. The molecule has 2 unspecified atom stereocenters. The van der Waals surface area contributed by atoms with Crippen molar-refractivity contribution in [3.05, 3.63) is 298 Å². The van der Waals surface area contributed by atoms with E-state index in [9.17, 15) is 39.0 Å². The van der Waals surface area contributed by atoms with Crippen molar-refractivity contribution in [2.45, 2.75) is 24.0 Å². The molecule has 4 amide bonds. The lowest BCUT2D eigenvalue weighted by Gasteiger charge is -2.36. The topological polar surface area (TPSA) is 219 Å². The number of imide groups is 2. The number of ether oxygens (including phenoxy) is 2. The molecule has 14 rings (SSSR count). The van der Waals surface area contributed by atoms with E-state index in [0.717, 1.165) is 43.2 Å². The van der Waals surface area contributed by atoms with E-state index in [1.807, 2.05) is 170 Å². The molecule has 2 saturated heterocycles. The van der Waals surface area contributed by atoms with Crippen LogP contribution in [0, 0.1) is 47.3 Å². The van der Waals surface area contributed by atoms with Crippen LogP contribution in [0.25, 0.3) is 11.1 Å². The Labute approximate surface area is 518 Å². The number of amides is 4. The normalized spacial score (nSPS) is 24.4. The van der Waals surface area contributed by atoms with Crippen molar-refractivity contribution in [2.75, 3.05) is 26.3 Å². The Bertz CT molecular complexity index is 3790. The molecule has 10 atom stereocenters. The summed E-state index contributed by atoms with van der Waals surface area (Å²) in [5.41, 5.74) is 5.30. The summed E-state index contributed by atoms with van der Waals surface area (Å²) < 4.78 is 11.1. The van der Waals surface area contributed by atoms with Crippen molar-refractivity contribution in [1.29, 1.82) is 0 Å². The molecule has 2 N–H and O–H groups in total. The van der Waals surface area contributed by atoms with Gasteiger partial charge in [-0.25, -0.2) is 0 Å². The second kappa shape index (κ2) is 23.6. The van der Waals surface area contributed by atoms with Crippen LogP contribution in [0.1, 0.15) is 57.9 Å². The van der Waals surface area contributed by atoms with Crippen LogP contribution in [-0.2, 0) is 49.4 Å². The number of nitrogens with zero attached hydrogens (tertiary/aromatic N) is 6. The number of esters is 2. The molecule has 6 heterocycles. The van der Waals surface area contributed by atoms with Gasteiger partial charge in [-0.3, -0.25) is 58.5 Å². The number of rotatable bonds is 19. The number of pyridine rings is 4. The highest BCUT2D eigenvalue weighted by Crippen LogP contribution is 2.66. The van der Waals surface area contributed by atoms with Crippen LogP contribution in [0.3, 0.4) is 0 Å². The minimum atomic E-state index is -1.81. The third-order valence-corrected chi connectivity index (χ3v) is 18.8. The summed E-state index contributed by atoms with van der Waals surface area (Å²) in [7, 11) is 0. The monoisotopic (exact) mass is 1190 g/mol. The number of likely N-dealkylation sites (tertiary alicyclic amines) is 2. The number of allylic oxidation sites excluding steroid dienone is 4. The summed E-state index contributed by atoms with van der Waals surface area (Å²) in [4.78, 5) is 107. The number of carbonyl (C=O) groups excluding carboxylic acids is 6. The third kappa shape index (κ3) is 9.52. The summed E-state index contributed by atoms with van der Waals surface area (Å²) in [5, 5.41) is 26.6. The van der Waals surface area contributed by atoms with Gasteiger partial charge < -0.3 is 19.7 Å². The molecule has 6 aliphatic rings. The van der Waals surface area contributed by atoms with Crippen molar-refractivity contribution in [3.63, 3.8) is 0 Å². The minimum Gasteiger partial charge on any atom is -0.464 e. The zero-order chi connectivity index (χ0) is 61.7. The van der Waals surface area contributed by atoms with Gasteiger partial charge in [0.2, 0.25) is 23.6 Å². The van der Waals surface area contributed by atoms with Crippen molar-refractivity contribution < 1.29 is 48.5 Å². The van der Waals surface area contributed by atoms with E-state index in [1.165, 1.54) is 0 Å². The molecule has 16 heteroatoms. The lowest BCUT2D eigenvalue weighted by molar-refractivity contribution is -0.153. The summed E-state index contributed by atoms with van der Waals surface area (Å²) in [6, 6.07) is 59.5.